The molecule has 0 aliphatic carbocycles. The van der Waals surface area contributed by atoms with Crippen LogP contribution in [0.2, 0.25) is 0 Å². The SMILES string of the molecule is N#Cc1ccccc1-c1ccc2oc3cc4oc5ccc(-c6cccc(C#N)c6-n6c7ccccc7c7ccccc76)cc5c4cc3c2c1. The topological polar surface area (TPSA) is 78.8 Å². The summed E-state index contributed by atoms with van der Waals surface area (Å²) in [5.41, 5.74) is 11.0. The summed E-state index contributed by atoms with van der Waals surface area (Å²) < 4.78 is 14.9. The van der Waals surface area contributed by atoms with Crippen molar-refractivity contribution in [3.63, 3.8) is 0 Å². The maximum Gasteiger partial charge on any atom is 0.139 e. The average Bonchev–Trinajstić information content (AvgIpc) is 3.81. The molecule has 0 fully saturated rings. The third-order valence-electron chi connectivity index (χ3n) is 9.69. The van der Waals surface area contributed by atoms with Gasteiger partial charge in [-0.2, -0.15) is 10.5 Å². The minimum atomic E-state index is 0.599. The van der Waals surface area contributed by atoms with E-state index < -0.39 is 0 Å². The predicted molar refractivity (Wildman–Crippen MR) is 196 cm³/mol. The Bertz CT molecular complexity index is 3030. The number of para-hydroxylation sites is 3. The number of fused-ring (bicyclic) bond motifs is 9. The van der Waals surface area contributed by atoms with Gasteiger partial charge in [0.25, 0.3) is 0 Å². The van der Waals surface area contributed by atoms with Crippen LogP contribution in [-0.4, -0.2) is 4.57 Å². The molecule has 0 aliphatic rings. The molecule has 3 heterocycles. The van der Waals surface area contributed by atoms with Crippen LogP contribution in [0.3, 0.4) is 0 Å². The maximum atomic E-state index is 10.4. The van der Waals surface area contributed by atoms with Crippen LogP contribution in [-0.2, 0) is 0 Å². The van der Waals surface area contributed by atoms with Gasteiger partial charge in [-0.05, 0) is 71.3 Å². The minimum Gasteiger partial charge on any atom is -0.456 e. The van der Waals surface area contributed by atoms with Crippen LogP contribution in [0.25, 0.3) is 93.6 Å². The highest BCUT2D eigenvalue weighted by molar-refractivity contribution is 6.16. The van der Waals surface area contributed by atoms with Crippen molar-refractivity contribution in [1.82, 2.24) is 4.57 Å². The van der Waals surface area contributed by atoms with Crippen molar-refractivity contribution in [2.45, 2.75) is 0 Å². The molecule has 0 radical (unpaired) electrons. The molecule has 5 nitrogen and oxygen atoms in total. The first-order chi connectivity index (χ1) is 24.2. The largest absolute Gasteiger partial charge is 0.456 e. The van der Waals surface area contributed by atoms with Gasteiger partial charge in [-0.15, -0.1) is 0 Å². The number of rotatable bonds is 3. The van der Waals surface area contributed by atoms with Crippen LogP contribution >= 0.6 is 0 Å². The molecule has 7 aromatic carbocycles. The van der Waals surface area contributed by atoms with Crippen LogP contribution in [0.5, 0.6) is 0 Å². The highest BCUT2D eigenvalue weighted by Gasteiger charge is 2.20. The third kappa shape index (κ3) is 3.91. The molecule has 0 atom stereocenters. The fourth-order valence-corrected chi connectivity index (χ4v) is 7.49. The van der Waals surface area contributed by atoms with Crippen LogP contribution in [0, 0.1) is 22.7 Å². The molecule has 226 valence electrons. The van der Waals surface area contributed by atoms with Crippen molar-refractivity contribution in [2.24, 2.45) is 0 Å². The lowest BCUT2D eigenvalue weighted by Gasteiger charge is -2.16. The zero-order valence-corrected chi connectivity index (χ0v) is 25.9. The molecule has 0 saturated carbocycles. The first-order valence-corrected chi connectivity index (χ1v) is 16.0. The van der Waals surface area contributed by atoms with Gasteiger partial charge in [0.15, 0.2) is 0 Å². The summed E-state index contributed by atoms with van der Waals surface area (Å²) >= 11 is 0. The van der Waals surface area contributed by atoms with Gasteiger partial charge in [-0.25, -0.2) is 0 Å². The van der Waals surface area contributed by atoms with Gasteiger partial charge in [0.05, 0.1) is 33.9 Å². The van der Waals surface area contributed by atoms with Gasteiger partial charge in [0.1, 0.15) is 28.4 Å². The molecule has 0 bridgehead atoms. The molecule has 0 saturated heterocycles. The summed E-state index contributed by atoms with van der Waals surface area (Å²) in [5, 5.41) is 26.3. The summed E-state index contributed by atoms with van der Waals surface area (Å²) in [4.78, 5) is 0. The Morgan fingerprint density at radius 2 is 0.918 bits per heavy atom. The second-order valence-electron chi connectivity index (χ2n) is 12.3. The predicted octanol–water partition coefficient (Wildman–Crippen LogP) is 11.7. The second kappa shape index (κ2) is 10.2. The summed E-state index contributed by atoms with van der Waals surface area (Å²) in [7, 11) is 0. The summed E-state index contributed by atoms with van der Waals surface area (Å²) in [6.07, 6.45) is 0. The van der Waals surface area contributed by atoms with E-state index in [0.29, 0.717) is 11.1 Å². The van der Waals surface area contributed by atoms with E-state index in [4.69, 9.17) is 8.83 Å². The van der Waals surface area contributed by atoms with Gasteiger partial charge in [0.2, 0.25) is 0 Å². The van der Waals surface area contributed by atoms with Crippen LogP contribution in [0.15, 0.2) is 148 Å². The van der Waals surface area contributed by atoms with E-state index in [1.165, 1.54) is 0 Å². The molecule has 0 unspecified atom stereocenters. The minimum absolute atomic E-state index is 0.599. The van der Waals surface area contributed by atoms with Gasteiger partial charge in [-0.1, -0.05) is 78.9 Å². The fourth-order valence-electron chi connectivity index (χ4n) is 7.49. The number of furan rings is 2. The lowest BCUT2D eigenvalue weighted by atomic mass is 9.97. The van der Waals surface area contributed by atoms with Crippen LogP contribution < -0.4 is 0 Å². The molecule has 0 aliphatic heterocycles. The number of benzene rings is 7. The van der Waals surface area contributed by atoms with Crippen molar-refractivity contribution < 1.29 is 8.83 Å². The van der Waals surface area contributed by atoms with E-state index in [2.05, 4.69) is 83.4 Å². The first-order valence-electron chi connectivity index (χ1n) is 16.0. The van der Waals surface area contributed by atoms with Crippen molar-refractivity contribution in [3.05, 3.63) is 151 Å². The summed E-state index contributed by atoms with van der Waals surface area (Å²) in [6, 6.07) is 51.5. The first kappa shape index (κ1) is 27.1. The van der Waals surface area contributed by atoms with E-state index in [-0.39, 0.29) is 0 Å². The standard InChI is InChI=1S/C44H23N3O2/c45-24-28-8-1-2-10-30(28)26-16-18-40-34(20-26)36-22-37-35-21-27(17-19-41(35)49-43(37)23-42(36)48-40)31-13-7-9-29(25-46)44(31)47-38-14-5-3-11-32(38)33-12-4-6-15-39(33)47/h1-23H. The Kier molecular flexibility index (Phi) is 5.64. The molecular weight excluding hydrogens is 603 g/mol. The quantitative estimate of drug-likeness (QED) is 0.196. The lowest BCUT2D eigenvalue weighted by Crippen LogP contribution is -2.00. The zero-order chi connectivity index (χ0) is 32.6. The Hall–Kier alpha value is -7.08. The van der Waals surface area contributed by atoms with E-state index in [1.807, 2.05) is 72.8 Å². The summed E-state index contributed by atoms with van der Waals surface area (Å²) in [6.45, 7) is 0. The number of hydrogen-bond donors (Lipinski definition) is 0. The van der Waals surface area contributed by atoms with E-state index in [9.17, 15) is 10.5 Å². The Morgan fingerprint density at radius 3 is 1.55 bits per heavy atom. The number of aromatic nitrogens is 1. The second-order valence-corrected chi connectivity index (χ2v) is 12.3. The molecular formula is C44H23N3O2. The molecule has 0 N–H and O–H groups in total. The smallest absolute Gasteiger partial charge is 0.139 e. The molecule has 10 aromatic rings. The van der Waals surface area contributed by atoms with Gasteiger partial charge >= 0.3 is 0 Å². The van der Waals surface area contributed by atoms with Crippen molar-refractivity contribution in [1.29, 1.82) is 10.5 Å². The van der Waals surface area contributed by atoms with Gasteiger partial charge in [0, 0.05) is 43.9 Å². The molecule has 10 rings (SSSR count). The third-order valence-corrected chi connectivity index (χ3v) is 9.69. The highest BCUT2D eigenvalue weighted by Crippen LogP contribution is 2.42. The monoisotopic (exact) mass is 625 g/mol. The number of nitrogens with zero attached hydrogens (tertiary/aromatic N) is 3. The molecule has 49 heavy (non-hydrogen) atoms. The van der Waals surface area contributed by atoms with Gasteiger partial charge in [-0.3, -0.25) is 0 Å². The van der Waals surface area contributed by atoms with Crippen molar-refractivity contribution >= 4 is 65.7 Å². The Labute approximate surface area is 279 Å². The van der Waals surface area contributed by atoms with E-state index in [1.54, 1.807) is 0 Å². The summed E-state index contributed by atoms with van der Waals surface area (Å²) in [5.74, 6) is 0. The Morgan fingerprint density at radius 1 is 0.408 bits per heavy atom. The van der Waals surface area contributed by atoms with E-state index in [0.717, 1.165) is 93.6 Å². The van der Waals surface area contributed by atoms with Crippen molar-refractivity contribution in [2.75, 3.05) is 0 Å². The zero-order valence-electron chi connectivity index (χ0n) is 25.9. The maximum absolute atomic E-state index is 10.4. The molecule has 3 aromatic heterocycles. The van der Waals surface area contributed by atoms with E-state index >= 15 is 0 Å². The highest BCUT2D eigenvalue weighted by atomic mass is 16.3. The molecule has 0 spiro atoms. The molecule has 5 heteroatoms. The normalized spacial score (nSPS) is 11.6. The Balaban J connectivity index is 1.20. The number of hydrogen-bond acceptors (Lipinski definition) is 4. The molecule has 0 amide bonds. The number of nitriles is 2. The average molecular weight is 626 g/mol. The van der Waals surface area contributed by atoms with Crippen LogP contribution in [0.1, 0.15) is 11.1 Å². The van der Waals surface area contributed by atoms with Crippen molar-refractivity contribution in [3.8, 4) is 40.1 Å². The lowest BCUT2D eigenvalue weighted by molar-refractivity contribution is 0.656. The van der Waals surface area contributed by atoms with Gasteiger partial charge < -0.3 is 13.4 Å². The fraction of sp³-hybridized carbons (Fsp3) is 0. The van der Waals surface area contributed by atoms with Crippen LogP contribution in [0.4, 0.5) is 0 Å².